The summed E-state index contributed by atoms with van der Waals surface area (Å²) in [6.45, 7) is 4.90. The first kappa shape index (κ1) is 28.2. The average molecular weight is 570 g/mol. The number of rotatable bonds is 8. The number of hydrogen-bond acceptors (Lipinski definition) is 6. The maximum atomic E-state index is 13.8. The summed E-state index contributed by atoms with van der Waals surface area (Å²) in [6.07, 6.45) is 5.61. The van der Waals surface area contributed by atoms with Crippen molar-refractivity contribution in [2.75, 3.05) is 39.9 Å². The van der Waals surface area contributed by atoms with E-state index in [4.69, 9.17) is 9.47 Å². The maximum absolute atomic E-state index is 13.8. The van der Waals surface area contributed by atoms with Gasteiger partial charge in [-0.1, -0.05) is 36.4 Å². The first-order chi connectivity index (χ1) is 20.6. The second kappa shape index (κ2) is 12.9. The number of carbonyl (C=O) groups is 2. The third-order valence-electron chi connectivity index (χ3n) is 8.71. The number of piperidine rings is 1. The van der Waals surface area contributed by atoms with Crippen molar-refractivity contribution in [1.29, 1.82) is 0 Å². The molecule has 1 N–H and O–H groups in total. The fourth-order valence-corrected chi connectivity index (χ4v) is 6.41. The number of likely N-dealkylation sites (tertiary alicyclic amines) is 1. The Morgan fingerprint density at radius 1 is 0.952 bits per heavy atom. The van der Waals surface area contributed by atoms with E-state index in [9.17, 15) is 9.59 Å². The van der Waals surface area contributed by atoms with Gasteiger partial charge in [-0.2, -0.15) is 0 Å². The zero-order chi connectivity index (χ0) is 28.9. The summed E-state index contributed by atoms with van der Waals surface area (Å²) in [4.78, 5) is 36.8. The minimum absolute atomic E-state index is 0.0924. The Labute approximate surface area is 247 Å². The molecule has 4 heterocycles. The van der Waals surface area contributed by atoms with Crippen LogP contribution in [0.3, 0.4) is 0 Å². The van der Waals surface area contributed by atoms with E-state index >= 15 is 0 Å². The van der Waals surface area contributed by atoms with Gasteiger partial charge in [0.2, 0.25) is 5.88 Å². The average Bonchev–Trinajstić information content (AvgIpc) is 3.40. The van der Waals surface area contributed by atoms with Crippen molar-refractivity contribution in [3.63, 3.8) is 0 Å². The predicted molar refractivity (Wildman–Crippen MR) is 159 cm³/mol. The van der Waals surface area contributed by atoms with Gasteiger partial charge in [0.05, 0.1) is 6.04 Å². The van der Waals surface area contributed by atoms with Gasteiger partial charge in [0, 0.05) is 76.4 Å². The smallest absolute Gasteiger partial charge is 0.321 e. The highest BCUT2D eigenvalue weighted by Gasteiger charge is 2.45. The van der Waals surface area contributed by atoms with Gasteiger partial charge in [-0.3, -0.25) is 9.69 Å². The van der Waals surface area contributed by atoms with Gasteiger partial charge in [-0.25, -0.2) is 9.78 Å². The minimum atomic E-state index is -0.131. The van der Waals surface area contributed by atoms with Gasteiger partial charge >= 0.3 is 6.03 Å². The Kier molecular flexibility index (Phi) is 8.67. The summed E-state index contributed by atoms with van der Waals surface area (Å²) in [5.74, 6) is 1.01. The highest BCUT2D eigenvalue weighted by Crippen LogP contribution is 2.37. The molecule has 0 saturated carbocycles. The van der Waals surface area contributed by atoms with Crippen molar-refractivity contribution in [2.45, 2.75) is 50.4 Å². The van der Waals surface area contributed by atoms with Crippen molar-refractivity contribution < 1.29 is 19.1 Å². The third-order valence-corrected chi connectivity index (χ3v) is 8.71. The Morgan fingerprint density at radius 3 is 2.36 bits per heavy atom. The summed E-state index contributed by atoms with van der Waals surface area (Å²) in [5, 5.41) is 2.61. The number of nitrogens with one attached hydrogen (secondary N) is 1. The Morgan fingerprint density at radius 2 is 1.69 bits per heavy atom. The number of hydrogen-bond donors (Lipinski definition) is 1. The SMILES string of the molecule is CNC(=O)c1ccc(Oc2ccc(CN3CCC(N4C(=O)N(C5CCOCC5)C[C@H]4c4ccccc4)CC3)cn2)cc1. The topological polar surface area (TPSA) is 87.2 Å². The van der Waals surface area contributed by atoms with Crippen LogP contribution in [0.2, 0.25) is 0 Å². The molecule has 0 radical (unpaired) electrons. The molecular formula is C33H39N5O4. The molecule has 1 atom stereocenters. The van der Waals surface area contributed by atoms with Gasteiger partial charge in [-0.15, -0.1) is 0 Å². The van der Waals surface area contributed by atoms with Crippen molar-refractivity contribution in [2.24, 2.45) is 0 Å². The van der Waals surface area contributed by atoms with Crippen LogP contribution in [0.4, 0.5) is 4.79 Å². The van der Waals surface area contributed by atoms with Crippen molar-refractivity contribution in [3.8, 4) is 11.6 Å². The molecule has 3 aromatic rings. The number of aromatic nitrogens is 1. The molecule has 3 amide bonds. The summed E-state index contributed by atoms with van der Waals surface area (Å²) in [5.41, 5.74) is 2.93. The molecule has 9 heteroatoms. The largest absolute Gasteiger partial charge is 0.439 e. The van der Waals surface area contributed by atoms with Crippen LogP contribution in [-0.4, -0.2) is 83.6 Å². The Bertz CT molecular complexity index is 1340. The van der Waals surface area contributed by atoms with Crippen LogP contribution in [0.15, 0.2) is 72.9 Å². The fraction of sp³-hybridized carbons (Fsp3) is 0.424. The number of nitrogens with zero attached hydrogens (tertiary/aromatic N) is 4. The predicted octanol–water partition coefficient (Wildman–Crippen LogP) is 4.86. The molecule has 9 nitrogen and oxygen atoms in total. The van der Waals surface area contributed by atoms with Crippen molar-refractivity contribution in [3.05, 3.63) is 89.6 Å². The van der Waals surface area contributed by atoms with Gasteiger partial charge in [0.15, 0.2) is 0 Å². The summed E-state index contributed by atoms with van der Waals surface area (Å²) in [6, 6.07) is 22.2. The fourth-order valence-electron chi connectivity index (χ4n) is 6.41. The molecule has 6 rings (SSSR count). The first-order valence-corrected chi connectivity index (χ1v) is 15.0. The molecule has 0 bridgehead atoms. The third kappa shape index (κ3) is 6.27. The second-order valence-corrected chi connectivity index (χ2v) is 11.3. The molecule has 2 aromatic carbocycles. The quantitative estimate of drug-likeness (QED) is 0.417. The van der Waals surface area contributed by atoms with E-state index in [1.54, 1.807) is 31.3 Å². The van der Waals surface area contributed by atoms with E-state index in [1.807, 2.05) is 18.3 Å². The zero-order valence-electron chi connectivity index (χ0n) is 24.2. The molecular weight excluding hydrogens is 530 g/mol. The molecule has 3 aliphatic rings. The number of urea groups is 1. The van der Waals surface area contributed by atoms with Crippen LogP contribution in [-0.2, 0) is 11.3 Å². The number of pyridine rings is 1. The normalized spacial score (nSPS) is 20.6. The van der Waals surface area contributed by atoms with E-state index in [1.165, 1.54) is 5.56 Å². The number of amides is 3. The second-order valence-electron chi connectivity index (χ2n) is 11.3. The lowest BCUT2D eigenvalue weighted by molar-refractivity contribution is 0.0493. The molecule has 0 spiro atoms. The van der Waals surface area contributed by atoms with Gasteiger partial charge in [-0.05, 0) is 61.1 Å². The van der Waals surface area contributed by atoms with Crippen molar-refractivity contribution in [1.82, 2.24) is 25.0 Å². The van der Waals surface area contributed by atoms with Crippen LogP contribution >= 0.6 is 0 Å². The highest BCUT2D eigenvalue weighted by molar-refractivity contribution is 5.94. The summed E-state index contributed by atoms with van der Waals surface area (Å²) in [7, 11) is 1.61. The lowest BCUT2D eigenvalue weighted by Crippen LogP contribution is -2.48. The number of carbonyl (C=O) groups excluding carboxylic acids is 2. The van der Waals surface area contributed by atoms with Crippen LogP contribution in [0.5, 0.6) is 11.6 Å². The van der Waals surface area contributed by atoms with E-state index in [0.29, 0.717) is 17.2 Å². The van der Waals surface area contributed by atoms with Crippen LogP contribution < -0.4 is 10.1 Å². The molecule has 1 aromatic heterocycles. The van der Waals surface area contributed by atoms with Gasteiger partial charge in [0.25, 0.3) is 5.91 Å². The van der Waals surface area contributed by atoms with Gasteiger partial charge < -0.3 is 24.6 Å². The first-order valence-electron chi connectivity index (χ1n) is 15.0. The summed E-state index contributed by atoms with van der Waals surface area (Å²) < 4.78 is 11.4. The highest BCUT2D eigenvalue weighted by atomic mass is 16.5. The molecule has 0 unspecified atom stereocenters. The van der Waals surface area contributed by atoms with Gasteiger partial charge in [0.1, 0.15) is 5.75 Å². The van der Waals surface area contributed by atoms with E-state index in [2.05, 4.69) is 55.3 Å². The molecule has 3 saturated heterocycles. The maximum Gasteiger partial charge on any atom is 0.321 e. The zero-order valence-corrected chi connectivity index (χ0v) is 24.2. The molecule has 42 heavy (non-hydrogen) atoms. The van der Waals surface area contributed by atoms with Crippen LogP contribution in [0.1, 0.15) is 53.2 Å². The molecule has 3 fully saturated rings. The summed E-state index contributed by atoms with van der Waals surface area (Å²) >= 11 is 0. The molecule has 3 aliphatic heterocycles. The lowest BCUT2D eigenvalue weighted by atomic mass is 9.99. The monoisotopic (exact) mass is 569 g/mol. The van der Waals surface area contributed by atoms with Crippen molar-refractivity contribution >= 4 is 11.9 Å². The minimum Gasteiger partial charge on any atom is -0.439 e. The standard InChI is InChI=1S/C33H39N5O4/c1-34-32(39)26-8-10-29(11-9-26)42-31-12-7-24(21-35-31)22-36-17-13-28(14-18-36)38-30(25-5-3-2-4-6-25)23-37(33(38)40)27-15-19-41-20-16-27/h2-12,21,27-28,30H,13-20,22-23H2,1H3,(H,34,39)/t30-/m0/s1. The van der Waals surface area contributed by atoms with E-state index < -0.39 is 0 Å². The van der Waals surface area contributed by atoms with E-state index in [0.717, 1.165) is 70.6 Å². The molecule has 0 aliphatic carbocycles. The van der Waals surface area contributed by atoms with E-state index in [-0.39, 0.29) is 30.1 Å². The molecule has 220 valence electrons. The number of ether oxygens (including phenoxy) is 2. The van der Waals surface area contributed by atoms with Crippen LogP contribution in [0.25, 0.3) is 0 Å². The number of benzene rings is 2. The lowest BCUT2D eigenvalue weighted by Gasteiger charge is -2.39. The Balaban J connectivity index is 1.05. The Hall–Kier alpha value is -3.95. The van der Waals surface area contributed by atoms with Crippen LogP contribution in [0, 0.1) is 0 Å².